The molecule has 0 unspecified atom stereocenters. The van der Waals surface area contributed by atoms with E-state index in [-0.39, 0.29) is 23.5 Å². The Balaban J connectivity index is 1.88. The van der Waals surface area contributed by atoms with E-state index >= 15 is 0 Å². The molecule has 0 spiro atoms. The normalized spacial score (nSPS) is 17.2. The van der Waals surface area contributed by atoms with Crippen molar-refractivity contribution < 1.29 is 19.2 Å². The number of carbonyl (C=O) groups excluding carboxylic acids is 1. The molecular weight excluding hydrogens is 224 g/mol. The molecule has 6 nitrogen and oxygen atoms in total. The minimum absolute atomic E-state index is 0.101. The average molecular weight is 238 g/mol. The van der Waals surface area contributed by atoms with Gasteiger partial charge in [-0.3, -0.25) is 9.59 Å². The summed E-state index contributed by atoms with van der Waals surface area (Å²) in [6.45, 7) is 0.374. The summed E-state index contributed by atoms with van der Waals surface area (Å²) >= 11 is 0. The molecule has 0 saturated heterocycles. The van der Waals surface area contributed by atoms with Crippen molar-refractivity contribution in [2.24, 2.45) is 5.41 Å². The van der Waals surface area contributed by atoms with Gasteiger partial charge in [-0.15, -0.1) is 0 Å². The molecule has 0 bridgehead atoms. The Bertz CT molecular complexity index is 409. The first-order valence-corrected chi connectivity index (χ1v) is 5.52. The van der Waals surface area contributed by atoms with Crippen LogP contribution in [0, 0.1) is 5.41 Å². The van der Waals surface area contributed by atoms with Crippen molar-refractivity contribution >= 4 is 11.9 Å². The Hall–Kier alpha value is -1.85. The SMILES string of the molecule is O=C(O)CC1(CNC(=O)c2ccno2)CCC1. The van der Waals surface area contributed by atoms with Gasteiger partial charge in [0, 0.05) is 12.6 Å². The minimum Gasteiger partial charge on any atom is -0.481 e. The molecule has 0 radical (unpaired) electrons. The van der Waals surface area contributed by atoms with Crippen molar-refractivity contribution in [1.82, 2.24) is 10.5 Å². The summed E-state index contributed by atoms with van der Waals surface area (Å²) in [5.41, 5.74) is -0.276. The lowest BCUT2D eigenvalue weighted by Gasteiger charge is -2.40. The smallest absolute Gasteiger partial charge is 0.303 e. The molecule has 1 heterocycles. The maximum Gasteiger partial charge on any atom is 0.303 e. The van der Waals surface area contributed by atoms with Gasteiger partial charge in [0.25, 0.3) is 5.91 Å². The second kappa shape index (κ2) is 4.57. The van der Waals surface area contributed by atoms with Crippen LogP contribution in [0.2, 0.25) is 0 Å². The standard InChI is InChI=1S/C11H14N2O4/c14-9(15)6-11(3-1-4-11)7-12-10(16)8-2-5-13-17-8/h2,5H,1,3-4,6-7H2,(H,12,16)(H,14,15). The monoisotopic (exact) mass is 238 g/mol. The molecule has 1 aromatic heterocycles. The summed E-state index contributed by atoms with van der Waals surface area (Å²) in [4.78, 5) is 22.3. The van der Waals surface area contributed by atoms with Gasteiger partial charge in [0.05, 0.1) is 12.6 Å². The van der Waals surface area contributed by atoms with Gasteiger partial charge < -0.3 is 14.9 Å². The highest BCUT2D eigenvalue weighted by Gasteiger charge is 2.39. The zero-order valence-electron chi connectivity index (χ0n) is 9.31. The van der Waals surface area contributed by atoms with Gasteiger partial charge in [0.2, 0.25) is 5.76 Å². The third-order valence-corrected chi connectivity index (χ3v) is 3.23. The topological polar surface area (TPSA) is 92.4 Å². The number of aromatic nitrogens is 1. The lowest BCUT2D eigenvalue weighted by atomic mass is 9.66. The number of amides is 1. The number of hydrogen-bond acceptors (Lipinski definition) is 4. The Morgan fingerprint density at radius 1 is 1.53 bits per heavy atom. The molecule has 1 fully saturated rings. The highest BCUT2D eigenvalue weighted by Crippen LogP contribution is 2.43. The molecule has 0 atom stereocenters. The lowest BCUT2D eigenvalue weighted by molar-refractivity contribution is -0.141. The van der Waals surface area contributed by atoms with Crippen LogP contribution in [0.1, 0.15) is 36.2 Å². The zero-order chi connectivity index (χ0) is 12.3. The summed E-state index contributed by atoms with van der Waals surface area (Å²) in [6.07, 6.45) is 4.20. The predicted molar refractivity (Wildman–Crippen MR) is 57.4 cm³/mol. The fourth-order valence-electron chi connectivity index (χ4n) is 2.10. The van der Waals surface area contributed by atoms with Gasteiger partial charge in [-0.2, -0.15) is 0 Å². The summed E-state index contributed by atoms with van der Waals surface area (Å²) < 4.78 is 4.71. The largest absolute Gasteiger partial charge is 0.481 e. The van der Waals surface area contributed by atoms with E-state index in [1.54, 1.807) is 0 Å². The quantitative estimate of drug-likeness (QED) is 0.799. The molecule has 2 N–H and O–H groups in total. The Kier molecular flexibility index (Phi) is 3.12. The van der Waals surface area contributed by atoms with Crippen LogP contribution in [0.25, 0.3) is 0 Å². The van der Waals surface area contributed by atoms with Gasteiger partial charge in [-0.1, -0.05) is 11.6 Å². The van der Waals surface area contributed by atoms with Crippen LogP contribution >= 0.6 is 0 Å². The highest BCUT2D eigenvalue weighted by molar-refractivity contribution is 5.91. The van der Waals surface area contributed by atoms with Crippen LogP contribution in [-0.4, -0.2) is 28.7 Å². The van der Waals surface area contributed by atoms with E-state index in [0.717, 1.165) is 19.3 Å². The molecule has 1 aliphatic rings. The van der Waals surface area contributed by atoms with Crippen molar-refractivity contribution in [3.8, 4) is 0 Å². The summed E-state index contributed by atoms with van der Waals surface area (Å²) in [7, 11) is 0. The third kappa shape index (κ3) is 2.64. The molecule has 0 aromatic carbocycles. The van der Waals surface area contributed by atoms with Gasteiger partial charge in [-0.05, 0) is 18.3 Å². The maximum absolute atomic E-state index is 11.6. The fraction of sp³-hybridized carbons (Fsp3) is 0.545. The number of nitrogens with zero attached hydrogens (tertiary/aromatic N) is 1. The molecule has 2 rings (SSSR count). The molecule has 0 aliphatic heterocycles. The number of aliphatic carboxylic acids is 1. The first kappa shape index (κ1) is 11.6. The maximum atomic E-state index is 11.6. The summed E-state index contributed by atoms with van der Waals surface area (Å²) in [6, 6.07) is 1.47. The first-order chi connectivity index (χ1) is 8.11. The number of nitrogens with one attached hydrogen (secondary N) is 1. The lowest BCUT2D eigenvalue weighted by Crippen LogP contribution is -2.43. The molecule has 1 amide bonds. The van der Waals surface area contributed by atoms with E-state index in [2.05, 4.69) is 10.5 Å². The van der Waals surface area contributed by atoms with Crippen molar-refractivity contribution in [2.45, 2.75) is 25.7 Å². The molecular formula is C11H14N2O4. The van der Waals surface area contributed by atoms with E-state index in [4.69, 9.17) is 9.63 Å². The van der Waals surface area contributed by atoms with E-state index in [0.29, 0.717) is 6.54 Å². The molecule has 17 heavy (non-hydrogen) atoms. The van der Waals surface area contributed by atoms with Crippen molar-refractivity contribution in [1.29, 1.82) is 0 Å². The van der Waals surface area contributed by atoms with Crippen LogP contribution < -0.4 is 5.32 Å². The number of rotatable bonds is 5. The van der Waals surface area contributed by atoms with Crippen molar-refractivity contribution in [3.05, 3.63) is 18.0 Å². The van der Waals surface area contributed by atoms with Gasteiger partial charge in [-0.25, -0.2) is 0 Å². The fourth-order valence-corrected chi connectivity index (χ4v) is 2.10. The molecule has 92 valence electrons. The second-order valence-electron chi connectivity index (χ2n) is 4.48. The number of carboxylic acids is 1. The zero-order valence-corrected chi connectivity index (χ0v) is 9.31. The van der Waals surface area contributed by atoms with Gasteiger partial charge in [0.15, 0.2) is 0 Å². The number of carboxylic acid groups (broad SMARTS) is 1. The molecule has 6 heteroatoms. The van der Waals surface area contributed by atoms with Crippen LogP contribution in [0.5, 0.6) is 0 Å². The van der Waals surface area contributed by atoms with Gasteiger partial charge in [0.1, 0.15) is 0 Å². The molecule has 1 aliphatic carbocycles. The van der Waals surface area contributed by atoms with Crippen molar-refractivity contribution in [2.75, 3.05) is 6.54 Å². The molecule has 1 saturated carbocycles. The van der Waals surface area contributed by atoms with Crippen LogP contribution in [0.3, 0.4) is 0 Å². The third-order valence-electron chi connectivity index (χ3n) is 3.23. The number of hydrogen-bond donors (Lipinski definition) is 2. The Morgan fingerprint density at radius 2 is 2.29 bits per heavy atom. The van der Waals surface area contributed by atoms with Crippen LogP contribution in [-0.2, 0) is 4.79 Å². The van der Waals surface area contributed by atoms with Crippen LogP contribution in [0.15, 0.2) is 16.8 Å². The van der Waals surface area contributed by atoms with Crippen LogP contribution in [0.4, 0.5) is 0 Å². The van der Waals surface area contributed by atoms with E-state index in [9.17, 15) is 9.59 Å². The second-order valence-corrected chi connectivity index (χ2v) is 4.48. The van der Waals surface area contributed by atoms with E-state index in [1.165, 1.54) is 12.3 Å². The average Bonchev–Trinajstić information content (AvgIpc) is 2.74. The molecule has 1 aromatic rings. The highest BCUT2D eigenvalue weighted by atomic mass is 16.5. The Labute approximate surface area is 98.0 Å². The minimum atomic E-state index is -0.821. The summed E-state index contributed by atoms with van der Waals surface area (Å²) in [5.74, 6) is -1.02. The number of carbonyl (C=O) groups is 2. The first-order valence-electron chi connectivity index (χ1n) is 5.52. The van der Waals surface area contributed by atoms with E-state index < -0.39 is 5.97 Å². The van der Waals surface area contributed by atoms with Gasteiger partial charge >= 0.3 is 5.97 Å². The predicted octanol–water partition coefficient (Wildman–Crippen LogP) is 1.05. The summed E-state index contributed by atoms with van der Waals surface area (Å²) in [5, 5.41) is 15.0. The van der Waals surface area contributed by atoms with Crippen molar-refractivity contribution in [3.63, 3.8) is 0 Å². The van der Waals surface area contributed by atoms with E-state index in [1.807, 2.05) is 0 Å². The Morgan fingerprint density at radius 3 is 2.76 bits per heavy atom.